The van der Waals surface area contributed by atoms with Gasteiger partial charge in [-0.05, 0) is 42.8 Å². The zero-order chi connectivity index (χ0) is 19.7. The third-order valence-corrected chi connectivity index (χ3v) is 5.53. The van der Waals surface area contributed by atoms with E-state index in [-0.39, 0.29) is 18.6 Å². The number of carbonyl (C=O) groups is 1. The molecular formula is C22H25NO5. The normalized spacial score (nSPS) is 17.9. The highest BCUT2D eigenvalue weighted by molar-refractivity contribution is 5.82. The first-order chi connectivity index (χ1) is 13.6. The van der Waals surface area contributed by atoms with Crippen LogP contribution in [0, 0.1) is 0 Å². The van der Waals surface area contributed by atoms with Gasteiger partial charge in [-0.15, -0.1) is 0 Å². The summed E-state index contributed by atoms with van der Waals surface area (Å²) >= 11 is 0. The van der Waals surface area contributed by atoms with Crippen molar-refractivity contribution in [3.8, 4) is 23.0 Å². The van der Waals surface area contributed by atoms with Gasteiger partial charge in [0.1, 0.15) is 11.5 Å². The number of carbonyl (C=O) groups excluding carboxylic acids is 1. The molecule has 2 aromatic rings. The fourth-order valence-electron chi connectivity index (χ4n) is 4.04. The van der Waals surface area contributed by atoms with Gasteiger partial charge in [0.25, 0.3) is 0 Å². The minimum Gasteiger partial charge on any atom is -0.497 e. The Hall–Kier alpha value is -2.73. The molecule has 0 fully saturated rings. The standard InChI is InChI=1S/C22H25NO5/c1-23-9-8-15-11-19-21(28-13-27-19)22(26-3)20(15)18(23)12-16(24)10-14-4-6-17(25-2)7-5-14/h4-7,11,18H,8-10,12-13H2,1-3H3. The molecule has 6 heteroatoms. The van der Waals surface area contributed by atoms with Gasteiger partial charge in [0.15, 0.2) is 11.5 Å². The molecule has 0 spiro atoms. The highest BCUT2D eigenvalue weighted by atomic mass is 16.7. The first kappa shape index (κ1) is 18.6. The summed E-state index contributed by atoms with van der Waals surface area (Å²) in [6, 6.07) is 9.64. The van der Waals surface area contributed by atoms with Gasteiger partial charge in [0.05, 0.1) is 14.2 Å². The Morgan fingerprint density at radius 3 is 2.68 bits per heavy atom. The number of hydrogen-bond acceptors (Lipinski definition) is 6. The molecular weight excluding hydrogens is 358 g/mol. The van der Waals surface area contributed by atoms with Crippen LogP contribution in [-0.2, 0) is 17.6 Å². The summed E-state index contributed by atoms with van der Waals surface area (Å²) in [5.41, 5.74) is 3.20. The number of Topliss-reactive ketones (excluding diaryl/α,β-unsaturated/α-hetero) is 1. The van der Waals surface area contributed by atoms with Crippen molar-refractivity contribution >= 4 is 5.78 Å². The maximum atomic E-state index is 12.9. The number of fused-ring (bicyclic) bond motifs is 2. The lowest BCUT2D eigenvalue weighted by Crippen LogP contribution is -2.34. The zero-order valence-electron chi connectivity index (χ0n) is 16.5. The lowest BCUT2D eigenvalue weighted by molar-refractivity contribution is -0.119. The predicted octanol–water partition coefficient (Wildman–Crippen LogP) is 3.16. The first-order valence-electron chi connectivity index (χ1n) is 9.45. The van der Waals surface area contributed by atoms with E-state index in [9.17, 15) is 4.79 Å². The third-order valence-electron chi connectivity index (χ3n) is 5.53. The van der Waals surface area contributed by atoms with Crippen LogP contribution in [0.4, 0.5) is 0 Å². The molecule has 6 nitrogen and oxygen atoms in total. The number of nitrogens with zero attached hydrogens (tertiary/aromatic N) is 1. The molecule has 0 amide bonds. The Morgan fingerprint density at radius 2 is 1.96 bits per heavy atom. The second-order valence-electron chi connectivity index (χ2n) is 7.23. The average Bonchev–Trinajstić information content (AvgIpc) is 3.17. The Morgan fingerprint density at radius 1 is 1.18 bits per heavy atom. The minimum atomic E-state index is -0.0426. The molecule has 4 rings (SSSR count). The van der Waals surface area contributed by atoms with Crippen molar-refractivity contribution in [1.29, 1.82) is 0 Å². The SMILES string of the molecule is COc1ccc(CC(=O)CC2c3c(cc4c(c3OC)OCO4)CCN2C)cc1. The maximum Gasteiger partial charge on any atom is 0.231 e. The minimum absolute atomic E-state index is 0.0426. The summed E-state index contributed by atoms with van der Waals surface area (Å²) in [6.45, 7) is 1.09. The van der Waals surface area contributed by atoms with Gasteiger partial charge in [0.2, 0.25) is 12.5 Å². The van der Waals surface area contributed by atoms with Crippen LogP contribution in [0.5, 0.6) is 23.0 Å². The van der Waals surface area contributed by atoms with Crippen LogP contribution in [0.1, 0.15) is 29.2 Å². The lowest BCUT2D eigenvalue weighted by Gasteiger charge is -2.35. The molecule has 0 aromatic heterocycles. The number of ether oxygens (including phenoxy) is 4. The van der Waals surface area contributed by atoms with E-state index < -0.39 is 0 Å². The molecule has 0 N–H and O–H groups in total. The van der Waals surface area contributed by atoms with Crippen molar-refractivity contribution in [3.05, 3.63) is 47.0 Å². The van der Waals surface area contributed by atoms with E-state index in [4.69, 9.17) is 18.9 Å². The van der Waals surface area contributed by atoms with Crippen molar-refractivity contribution in [1.82, 2.24) is 4.90 Å². The second kappa shape index (κ2) is 7.72. The molecule has 1 atom stereocenters. The molecule has 0 saturated heterocycles. The Labute approximate surface area is 165 Å². The van der Waals surface area contributed by atoms with E-state index in [1.165, 1.54) is 5.56 Å². The average molecular weight is 383 g/mol. The summed E-state index contributed by atoms with van der Waals surface area (Å²) in [4.78, 5) is 15.1. The van der Waals surface area contributed by atoms with E-state index in [0.29, 0.717) is 24.3 Å². The lowest BCUT2D eigenvalue weighted by atomic mass is 9.87. The van der Waals surface area contributed by atoms with Crippen molar-refractivity contribution in [2.45, 2.75) is 25.3 Å². The largest absolute Gasteiger partial charge is 0.497 e. The number of rotatable bonds is 6. The van der Waals surface area contributed by atoms with Crippen LogP contribution < -0.4 is 18.9 Å². The first-order valence-corrected chi connectivity index (χ1v) is 9.45. The summed E-state index contributed by atoms with van der Waals surface area (Å²) < 4.78 is 22.1. The molecule has 0 aliphatic carbocycles. The van der Waals surface area contributed by atoms with Gasteiger partial charge < -0.3 is 18.9 Å². The van der Waals surface area contributed by atoms with Gasteiger partial charge in [-0.3, -0.25) is 9.69 Å². The van der Waals surface area contributed by atoms with Crippen LogP contribution in [0.3, 0.4) is 0 Å². The molecule has 2 aliphatic heterocycles. The molecule has 2 heterocycles. The molecule has 0 radical (unpaired) electrons. The molecule has 0 saturated carbocycles. The van der Waals surface area contributed by atoms with Crippen molar-refractivity contribution in [3.63, 3.8) is 0 Å². The quantitative estimate of drug-likeness (QED) is 0.764. The second-order valence-corrected chi connectivity index (χ2v) is 7.23. The number of ketones is 1. The van der Waals surface area contributed by atoms with E-state index >= 15 is 0 Å². The smallest absolute Gasteiger partial charge is 0.231 e. The highest BCUT2D eigenvalue weighted by Crippen LogP contribution is 2.50. The van der Waals surface area contributed by atoms with Crippen LogP contribution in [0.25, 0.3) is 0 Å². The fourth-order valence-corrected chi connectivity index (χ4v) is 4.04. The van der Waals surface area contributed by atoms with Gasteiger partial charge in [-0.2, -0.15) is 0 Å². The predicted molar refractivity (Wildman–Crippen MR) is 105 cm³/mol. The van der Waals surface area contributed by atoms with Crippen molar-refractivity contribution in [2.75, 3.05) is 34.6 Å². The Bertz CT molecular complexity index is 877. The Kier molecular flexibility index (Phi) is 5.13. The number of likely N-dealkylation sites (N-methyl/N-ethyl adjacent to an activating group) is 1. The van der Waals surface area contributed by atoms with Crippen LogP contribution in [0.2, 0.25) is 0 Å². The van der Waals surface area contributed by atoms with Gasteiger partial charge in [-0.25, -0.2) is 0 Å². The van der Waals surface area contributed by atoms with E-state index in [1.807, 2.05) is 30.3 Å². The molecule has 28 heavy (non-hydrogen) atoms. The molecule has 1 unspecified atom stereocenters. The van der Waals surface area contributed by atoms with E-state index in [1.54, 1.807) is 14.2 Å². The van der Waals surface area contributed by atoms with E-state index in [0.717, 1.165) is 35.6 Å². The van der Waals surface area contributed by atoms with Gasteiger partial charge in [-0.1, -0.05) is 12.1 Å². The summed E-state index contributed by atoms with van der Waals surface area (Å²) in [5, 5.41) is 0. The van der Waals surface area contributed by atoms with Crippen molar-refractivity contribution in [2.24, 2.45) is 0 Å². The monoisotopic (exact) mass is 383 g/mol. The molecule has 2 aliphatic rings. The summed E-state index contributed by atoms with van der Waals surface area (Å²) in [6.07, 6.45) is 1.71. The molecule has 2 aromatic carbocycles. The Balaban J connectivity index is 1.59. The highest BCUT2D eigenvalue weighted by Gasteiger charge is 2.34. The van der Waals surface area contributed by atoms with Crippen LogP contribution in [0.15, 0.2) is 30.3 Å². The van der Waals surface area contributed by atoms with Crippen LogP contribution >= 0.6 is 0 Å². The van der Waals surface area contributed by atoms with E-state index in [2.05, 4.69) is 11.9 Å². The molecule has 148 valence electrons. The maximum absolute atomic E-state index is 12.9. The molecule has 0 bridgehead atoms. The fraction of sp³-hybridized carbons (Fsp3) is 0.409. The van der Waals surface area contributed by atoms with Gasteiger partial charge in [0, 0.05) is 31.0 Å². The van der Waals surface area contributed by atoms with Crippen LogP contribution in [-0.4, -0.2) is 45.3 Å². The van der Waals surface area contributed by atoms with Gasteiger partial charge >= 0.3 is 0 Å². The zero-order valence-corrected chi connectivity index (χ0v) is 16.5. The topological polar surface area (TPSA) is 57.2 Å². The number of benzene rings is 2. The van der Waals surface area contributed by atoms with Crippen molar-refractivity contribution < 1.29 is 23.7 Å². The number of methoxy groups -OCH3 is 2. The summed E-state index contributed by atoms with van der Waals surface area (Å²) in [5.74, 6) is 3.04. The summed E-state index contributed by atoms with van der Waals surface area (Å²) in [7, 11) is 5.33. The number of hydrogen-bond donors (Lipinski definition) is 0. The third kappa shape index (κ3) is 3.40.